The minimum atomic E-state index is -1.56. The van der Waals surface area contributed by atoms with Crippen LogP contribution >= 0.6 is 8.45 Å². The molecule has 1 heterocycles. The predicted octanol–water partition coefficient (Wildman–Crippen LogP) is 8.62. The third-order valence-electron chi connectivity index (χ3n) is 7.63. The molecule has 0 fully saturated rings. The van der Waals surface area contributed by atoms with Crippen molar-refractivity contribution in [2.45, 2.75) is 125 Å². The molecule has 3 rings (SSSR count). The van der Waals surface area contributed by atoms with Gasteiger partial charge in [0.2, 0.25) is 11.8 Å². The molecular formula is C34H53N4O4P. The molecular weight excluding hydrogens is 559 g/mol. The summed E-state index contributed by atoms with van der Waals surface area (Å²) in [6, 6.07) is 9.31. The fourth-order valence-electron chi connectivity index (χ4n) is 4.85. The normalized spacial score (nSPS) is 16.8. The van der Waals surface area contributed by atoms with Crippen LogP contribution in [0.15, 0.2) is 35.4 Å². The minimum absolute atomic E-state index is 0.00601. The molecule has 238 valence electrons. The largest absolute Gasteiger partial charge is 0.508 e. The van der Waals surface area contributed by atoms with Crippen molar-refractivity contribution in [1.29, 1.82) is 0 Å². The number of carbonyl (C=O) groups is 1. The number of phenolic OH excluding ortho intramolecular Hbond substituents is 2. The van der Waals surface area contributed by atoms with Crippen LogP contribution < -0.4 is 15.4 Å². The Kier molecular flexibility index (Phi) is 9.90. The van der Waals surface area contributed by atoms with Gasteiger partial charge in [-0.05, 0) is 69.9 Å². The van der Waals surface area contributed by atoms with Gasteiger partial charge < -0.3 is 14.7 Å². The number of hydrogen-bond donors (Lipinski definition) is 4. The molecule has 1 amide bonds. The van der Waals surface area contributed by atoms with E-state index >= 15 is 0 Å². The quantitative estimate of drug-likeness (QED) is 0.184. The van der Waals surface area contributed by atoms with Crippen molar-refractivity contribution in [3.8, 4) is 11.5 Å². The summed E-state index contributed by atoms with van der Waals surface area (Å²) in [5.74, 6) is 0.734. The average molecular weight is 613 g/mol. The van der Waals surface area contributed by atoms with Crippen LogP contribution in [-0.2, 0) is 25.6 Å². The van der Waals surface area contributed by atoms with Crippen LogP contribution in [0.25, 0.3) is 0 Å². The number of phenols is 2. The number of aromatic hydroxyl groups is 2. The number of anilines is 1. The summed E-state index contributed by atoms with van der Waals surface area (Å²) >= 11 is 0. The monoisotopic (exact) mass is 612 g/mol. The lowest BCUT2D eigenvalue weighted by molar-refractivity contribution is -0.119. The molecule has 2 aromatic carbocycles. The summed E-state index contributed by atoms with van der Waals surface area (Å²) in [4.78, 5) is 13.6. The molecule has 0 saturated heterocycles. The fraction of sp³-hybridized carbons (Fsp3) is 0.588. The Hall–Kier alpha value is -2.83. The van der Waals surface area contributed by atoms with Crippen LogP contribution in [0.5, 0.6) is 11.5 Å². The highest BCUT2D eigenvalue weighted by atomic mass is 31.2. The van der Waals surface area contributed by atoms with Gasteiger partial charge in [-0.2, -0.15) is 5.20 Å². The van der Waals surface area contributed by atoms with Gasteiger partial charge in [0.15, 0.2) is 0 Å². The summed E-state index contributed by atoms with van der Waals surface area (Å²) in [6.07, 6.45) is 1.06. The van der Waals surface area contributed by atoms with Crippen LogP contribution in [0.3, 0.4) is 0 Å². The maximum atomic E-state index is 13.6. The highest BCUT2D eigenvalue weighted by molar-refractivity contribution is 7.49. The minimum Gasteiger partial charge on any atom is -0.508 e. The molecule has 0 bridgehead atoms. The number of carbonyl (C=O) groups excluding carboxylic acids is 1. The molecule has 0 aliphatic carbocycles. The van der Waals surface area contributed by atoms with Gasteiger partial charge in [-0.15, -0.1) is 5.10 Å². The Morgan fingerprint density at radius 3 is 1.93 bits per heavy atom. The number of hydrazine groups is 1. The van der Waals surface area contributed by atoms with E-state index in [1.807, 2.05) is 45.9 Å². The lowest BCUT2D eigenvalue weighted by Gasteiger charge is -2.30. The molecule has 1 aliphatic heterocycles. The van der Waals surface area contributed by atoms with Gasteiger partial charge in [-0.1, -0.05) is 95.2 Å². The Morgan fingerprint density at radius 1 is 0.907 bits per heavy atom. The van der Waals surface area contributed by atoms with Crippen LogP contribution in [0.4, 0.5) is 5.69 Å². The maximum absolute atomic E-state index is 13.6. The number of nitrogens with one attached hydrogen (secondary N) is 2. The van der Waals surface area contributed by atoms with Crippen molar-refractivity contribution >= 4 is 25.9 Å². The SMILES string of the molecule is CC(C1=NNP(NN(C(=O)CCC(C)(C)C)c2ccc(O)c(C(C)(C)C)c2)O1)c1cc(C(C)(C)C)c(O)c(C(C)(C)C)c1. The van der Waals surface area contributed by atoms with E-state index in [9.17, 15) is 15.0 Å². The second-order valence-electron chi connectivity index (χ2n) is 16.0. The van der Waals surface area contributed by atoms with Crippen LogP contribution in [0.1, 0.15) is 131 Å². The summed E-state index contributed by atoms with van der Waals surface area (Å²) in [5, 5.41) is 34.1. The first-order valence-electron chi connectivity index (χ1n) is 15.1. The van der Waals surface area contributed by atoms with Crippen molar-refractivity contribution in [2.75, 3.05) is 5.01 Å². The lowest BCUT2D eigenvalue weighted by Crippen LogP contribution is -2.42. The molecule has 2 unspecified atom stereocenters. The second kappa shape index (κ2) is 12.3. The molecule has 2 atom stereocenters. The lowest BCUT2D eigenvalue weighted by atomic mass is 9.77. The standard InChI is InChI=1S/C34H53N4O4P/c1-21(22-18-25(33(8,9)10)29(41)26(19-22)34(11,12)13)30-35-36-43(42-30)37-38(28(40)16-17-31(2,3)4)23-14-15-27(39)24(20-23)32(5,6)7/h14-15,18-21,36-37,39,41H,16-17H2,1-13H3. The van der Waals surface area contributed by atoms with Crippen molar-refractivity contribution in [2.24, 2.45) is 10.5 Å². The van der Waals surface area contributed by atoms with Gasteiger partial charge in [0.25, 0.3) is 0 Å². The number of hydrazone groups is 1. The number of amides is 1. The van der Waals surface area contributed by atoms with Gasteiger partial charge in [0, 0.05) is 12.0 Å². The molecule has 9 heteroatoms. The van der Waals surface area contributed by atoms with Crippen molar-refractivity contribution in [1.82, 2.24) is 10.4 Å². The Morgan fingerprint density at radius 2 is 1.44 bits per heavy atom. The first-order chi connectivity index (χ1) is 19.5. The first-order valence-corrected chi connectivity index (χ1v) is 16.4. The van der Waals surface area contributed by atoms with Crippen molar-refractivity contribution in [3.05, 3.63) is 52.6 Å². The summed E-state index contributed by atoms with van der Waals surface area (Å²) in [5.41, 5.74) is 3.29. The maximum Gasteiger partial charge on any atom is 0.311 e. The molecule has 8 nitrogen and oxygen atoms in total. The van der Waals surface area contributed by atoms with Gasteiger partial charge in [-0.3, -0.25) is 4.79 Å². The zero-order valence-corrected chi connectivity index (χ0v) is 29.3. The van der Waals surface area contributed by atoms with Crippen molar-refractivity contribution in [3.63, 3.8) is 0 Å². The molecule has 0 saturated carbocycles. The number of rotatable bonds is 7. The molecule has 0 spiro atoms. The van der Waals surface area contributed by atoms with E-state index in [2.05, 4.69) is 77.8 Å². The van der Waals surface area contributed by atoms with Crippen LogP contribution in [-0.4, -0.2) is 22.0 Å². The Balaban J connectivity index is 1.91. The van der Waals surface area contributed by atoms with Crippen LogP contribution in [0.2, 0.25) is 0 Å². The third-order valence-corrected chi connectivity index (χ3v) is 8.66. The highest BCUT2D eigenvalue weighted by Crippen LogP contribution is 2.44. The van der Waals surface area contributed by atoms with E-state index in [1.54, 1.807) is 12.1 Å². The van der Waals surface area contributed by atoms with E-state index < -0.39 is 8.45 Å². The van der Waals surface area contributed by atoms with Gasteiger partial charge in [0.1, 0.15) is 11.5 Å². The zero-order chi connectivity index (χ0) is 32.7. The van der Waals surface area contributed by atoms with Crippen molar-refractivity contribution < 1.29 is 19.5 Å². The molecule has 43 heavy (non-hydrogen) atoms. The summed E-state index contributed by atoms with van der Waals surface area (Å²) in [6.45, 7) is 27.0. The molecule has 1 aliphatic rings. The fourth-order valence-corrected chi connectivity index (χ4v) is 5.96. The molecule has 2 aromatic rings. The summed E-state index contributed by atoms with van der Waals surface area (Å²) < 4.78 is 6.31. The first kappa shape index (κ1) is 34.7. The summed E-state index contributed by atoms with van der Waals surface area (Å²) in [7, 11) is -1.56. The number of hydrogen-bond acceptors (Lipinski definition) is 7. The van der Waals surface area contributed by atoms with E-state index in [0.717, 1.165) is 22.3 Å². The molecule has 4 N–H and O–H groups in total. The topological polar surface area (TPSA) is 106 Å². The van der Waals surface area contributed by atoms with Crippen LogP contribution in [0, 0.1) is 5.41 Å². The van der Waals surface area contributed by atoms with E-state index in [1.165, 1.54) is 5.01 Å². The highest BCUT2D eigenvalue weighted by Gasteiger charge is 2.33. The number of benzene rings is 2. The third kappa shape index (κ3) is 8.63. The predicted molar refractivity (Wildman–Crippen MR) is 179 cm³/mol. The van der Waals surface area contributed by atoms with E-state index in [4.69, 9.17) is 4.52 Å². The molecule has 0 radical (unpaired) electrons. The van der Waals surface area contributed by atoms with Gasteiger partial charge >= 0.3 is 8.45 Å². The Bertz CT molecular complexity index is 1330. The second-order valence-corrected chi connectivity index (χ2v) is 17.1. The zero-order valence-electron chi connectivity index (χ0n) is 28.4. The molecule has 0 aromatic heterocycles. The number of nitrogens with zero attached hydrogens (tertiary/aromatic N) is 2. The van der Waals surface area contributed by atoms with E-state index in [-0.39, 0.29) is 39.2 Å². The smallest absolute Gasteiger partial charge is 0.311 e. The van der Waals surface area contributed by atoms with E-state index in [0.29, 0.717) is 30.2 Å². The van der Waals surface area contributed by atoms with Gasteiger partial charge in [-0.25, -0.2) is 10.2 Å². The van der Waals surface area contributed by atoms with Gasteiger partial charge in [0.05, 0.1) is 11.6 Å². The Labute approximate surface area is 260 Å². The average Bonchev–Trinajstić information content (AvgIpc) is 3.32.